The van der Waals surface area contributed by atoms with Gasteiger partial charge in [0.1, 0.15) is 0 Å². The molecule has 3 rings (SSSR count). The summed E-state index contributed by atoms with van der Waals surface area (Å²) in [5.41, 5.74) is 9.49. The number of nitrogens with zero attached hydrogens (tertiary/aromatic N) is 2. The van der Waals surface area contributed by atoms with Crippen molar-refractivity contribution in [2.24, 2.45) is 10.7 Å². The van der Waals surface area contributed by atoms with Crippen LogP contribution in [-0.4, -0.2) is 11.2 Å². The fourth-order valence-corrected chi connectivity index (χ4v) is 2.50. The Morgan fingerprint density at radius 1 is 0.783 bits per heavy atom. The predicted molar refractivity (Wildman–Crippen MR) is 94.4 cm³/mol. The van der Waals surface area contributed by atoms with E-state index in [1.54, 1.807) is 12.4 Å². The molecule has 1 heterocycles. The smallest absolute Gasteiger partial charge is 0.0942 e. The molecule has 0 spiro atoms. The molecule has 0 fully saturated rings. The van der Waals surface area contributed by atoms with Gasteiger partial charge in [0.2, 0.25) is 0 Å². The molecule has 3 nitrogen and oxygen atoms in total. The molecule has 1 aromatic heterocycles. The first-order valence-electron chi connectivity index (χ1n) is 7.64. The summed E-state index contributed by atoms with van der Waals surface area (Å²) in [5, 5.41) is 0. The van der Waals surface area contributed by atoms with Crippen LogP contribution in [0.1, 0.15) is 28.9 Å². The SMILES string of the molecule is N[C@@H](c1ccccc1)[C@H](N=Cc1ccccn1)c1ccccc1. The van der Waals surface area contributed by atoms with Gasteiger partial charge in [0.25, 0.3) is 0 Å². The standard InChI is InChI=1S/C20H19N3/c21-19(16-9-3-1-4-10-16)20(17-11-5-2-6-12-17)23-15-18-13-7-8-14-22-18/h1-15,19-20H,21H2/t19-,20+/m0/s1. The minimum atomic E-state index is -0.210. The van der Waals surface area contributed by atoms with Crippen molar-refractivity contribution in [3.8, 4) is 0 Å². The monoisotopic (exact) mass is 301 g/mol. The molecule has 0 bridgehead atoms. The van der Waals surface area contributed by atoms with Gasteiger partial charge in [-0.1, -0.05) is 66.7 Å². The summed E-state index contributed by atoms with van der Waals surface area (Å²) in [7, 11) is 0. The van der Waals surface area contributed by atoms with Gasteiger partial charge in [0, 0.05) is 12.4 Å². The fourth-order valence-electron chi connectivity index (χ4n) is 2.50. The lowest BCUT2D eigenvalue weighted by molar-refractivity contribution is 0.579. The molecule has 0 saturated carbocycles. The first-order chi connectivity index (χ1) is 11.3. The molecule has 0 aliphatic heterocycles. The van der Waals surface area contributed by atoms with Gasteiger partial charge in [0.15, 0.2) is 0 Å². The second kappa shape index (κ2) is 7.47. The zero-order valence-electron chi connectivity index (χ0n) is 12.8. The Morgan fingerprint density at radius 3 is 2.00 bits per heavy atom. The van der Waals surface area contributed by atoms with Crippen LogP contribution < -0.4 is 5.73 Å². The van der Waals surface area contributed by atoms with Crippen molar-refractivity contribution in [1.29, 1.82) is 0 Å². The maximum atomic E-state index is 6.50. The van der Waals surface area contributed by atoms with E-state index in [-0.39, 0.29) is 12.1 Å². The number of aliphatic imine (C=N–C) groups is 1. The topological polar surface area (TPSA) is 51.3 Å². The van der Waals surface area contributed by atoms with Gasteiger partial charge in [-0.15, -0.1) is 0 Å². The highest BCUT2D eigenvalue weighted by Crippen LogP contribution is 2.30. The van der Waals surface area contributed by atoms with Crippen LogP contribution in [0.15, 0.2) is 90.1 Å². The van der Waals surface area contributed by atoms with Crippen molar-refractivity contribution in [3.05, 3.63) is 102 Å². The molecular weight excluding hydrogens is 282 g/mol. The lowest BCUT2D eigenvalue weighted by Crippen LogP contribution is -2.18. The molecule has 0 saturated heterocycles. The molecule has 2 aromatic carbocycles. The molecule has 2 atom stereocenters. The Labute approximate surface area is 136 Å². The third-order valence-electron chi connectivity index (χ3n) is 3.72. The Morgan fingerprint density at radius 2 is 1.39 bits per heavy atom. The van der Waals surface area contributed by atoms with Crippen LogP contribution in [0, 0.1) is 0 Å². The lowest BCUT2D eigenvalue weighted by atomic mass is 9.94. The number of hydrogen-bond acceptors (Lipinski definition) is 3. The lowest BCUT2D eigenvalue weighted by Gasteiger charge is -2.21. The largest absolute Gasteiger partial charge is 0.322 e. The van der Waals surface area contributed by atoms with Gasteiger partial charge in [-0.05, 0) is 23.3 Å². The molecular formula is C20H19N3. The molecule has 0 unspecified atom stereocenters. The predicted octanol–water partition coefficient (Wildman–Crippen LogP) is 3.94. The molecule has 23 heavy (non-hydrogen) atoms. The van der Waals surface area contributed by atoms with Crippen molar-refractivity contribution in [1.82, 2.24) is 4.98 Å². The molecule has 2 N–H and O–H groups in total. The van der Waals surface area contributed by atoms with E-state index in [0.29, 0.717) is 0 Å². The van der Waals surface area contributed by atoms with Crippen molar-refractivity contribution >= 4 is 6.21 Å². The van der Waals surface area contributed by atoms with E-state index >= 15 is 0 Å². The number of nitrogens with two attached hydrogens (primary N) is 1. The average Bonchev–Trinajstić information content (AvgIpc) is 2.64. The minimum absolute atomic E-state index is 0.152. The molecule has 3 aromatic rings. The summed E-state index contributed by atoms with van der Waals surface area (Å²) in [6, 6.07) is 25.6. The van der Waals surface area contributed by atoms with E-state index in [1.165, 1.54) is 0 Å². The third kappa shape index (κ3) is 3.90. The van der Waals surface area contributed by atoms with Crippen LogP contribution in [0.4, 0.5) is 0 Å². The van der Waals surface area contributed by atoms with Gasteiger partial charge >= 0.3 is 0 Å². The van der Waals surface area contributed by atoms with E-state index in [0.717, 1.165) is 16.8 Å². The quantitative estimate of drug-likeness (QED) is 0.726. The van der Waals surface area contributed by atoms with Crippen LogP contribution >= 0.6 is 0 Å². The van der Waals surface area contributed by atoms with Crippen molar-refractivity contribution in [3.63, 3.8) is 0 Å². The van der Waals surface area contributed by atoms with Crippen LogP contribution in [0.25, 0.3) is 0 Å². The van der Waals surface area contributed by atoms with Crippen LogP contribution in [0.2, 0.25) is 0 Å². The Hall–Kier alpha value is -2.78. The van der Waals surface area contributed by atoms with Crippen LogP contribution in [0.3, 0.4) is 0 Å². The molecule has 0 amide bonds. The van der Waals surface area contributed by atoms with Gasteiger partial charge in [0.05, 0.1) is 17.8 Å². The van der Waals surface area contributed by atoms with Crippen LogP contribution in [-0.2, 0) is 0 Å². The number of hydrogen-bond donors (Lipinski definition) is 1. The zero-order valence-corrected chi connectivity index (χ0v) is 12.8. The normalized spacial score (nSPS) is 13.8. The van der Waals surface area contributed by atoms with E-state index in [1.807, 2.05) is 66.7 Å². The number of rotatable bonds is 5. The van der Waals surface area contributed by atoms with Gasteiger partial charge in [-0.3, -0.25) is 9.98 Å². The Balaban J connectivity index is 1.93. The highest BCUT2D eigenvalue weighted by molar-refractivity contribution is 5.77. The summed E-state index contributed by atoms with van der Waals surface area (Å²) in [6.07, 6.45) is 3.55. The first-order valence-corrected chi connectivity index (χ1v) is 7.64. The molecule has 114 valence electrons. The third-order valence-corrected chi connectivity index (χ3v) is 3.72. The summed E-state index contributed by atoms with van der Waals surface area (Å²) < 4.78 is 0. The summed E-state index contributed by atoms with van der Waals surface area (Å²) in [4.78, 5) is 9.01. The second-order valence-corrected chi connectivity index (χ2v) is 5.32. The van der Waals surface area contributed by atoms with Crippen molar-refractivity contribution in [2.75, 3.05) is 0 Å². The maximum absolute atomic E-state index is 6.50. The first kappa shape index (κ1) is 15.1. The number of aromatic nitrogens is 1. The summed E-state index contributed by atoms with van der Waals surface area (Å²) in [6.45, 7) is 0. The Kier molecular flexibility index (Phi) is 4.92. The fraction of sp³-hybridized carbons (Fsp3) is 0.100. The zero-order chi connectivity index (χ0) is 15.9. The Bertz CT molecular complexity index is 740. The molecule has 0 aliphatic rings. The summed E-state index contributed by atoms with van der Waals surface area (Å²) in [5.74, 6) is 0. The van der Waals surface area contributed by atoms with Gasteiger partial charge in [-0.2, -0.15) is 0 Å². The van der Waals surface area contributed by atoms with E-state index in [9.17, 15) is 0 Å². The van der Waals surface area contributed by atoms with Crippen LogP contribution in [0.5, 0.6) is 0 Å². The average molecular weight is 301 g/mol. The second-order valence-electron chi connectivity index (χ2n) is 5.32. The van der Waals surface area contributed by atoms with E-state index < -0.39 is 0 Å². The highest BCUT2D eigenvalue weighted by atomic mass is 14.9. The molecule has 3 heteroatoms. The molecule has 0 aliphatic carbocycles. The minimum Gasteiger partial charge on any atom is -0.322 e. The number of pyridine rings is 1. The van der Waals surface area contributed by atoms with Gasteiger partial charge in [-0.25, -0.2) is 0 Å². The van der Waals surface area contributed by atoms with Gasteiger partial charge < -0.3 is 5.73 Å². The highest BCUT2D eigenvalue weighted by Gasteiger charge is 2.19. The molecule has 0 radical (unpaired) electrons. The van der Waals surface area contributed by atoms with Crippen molar-refractivity contribution in [2.45, 2.75) is 12.1 Å². The maximum Gasteiger partial charge on any atom is 0.0942 e. The van der Waals surface area contributed by atoms with Crippen molar-refractivity contribution < 1.29 is 0 Å². The van der Waals surface area contributed by atoms with E-state index in [2.05, 4.69) is 17.1 Å². The number of benzene rings is 2. The summed E-state index contributed by atoms with van der Waals surface area (Å²) >= 11 is 0. The van der Waals surface area contributed by atoms with E-state index in [4.69, 9.17) is 10.7 Å².